The molecule has 3 amide bonds. The first-order chi connectivity index (χ1) is 15.3. The van der Waals surface area contributed by atoms with Crippen LogP contribution in [0.25, 0.3) is 0 Å². The van der Waals surface area contributed by atoms with E-state index in [9.17, 15) is 19.2 Å². The molecule has 168 valence electrons. The van der Waals surface area contributed by atoms with E-state index in [-0.39, 0.29) is 23.6 Å². The SMILES string of the molecule is CC(=O)Nc1cccc(C(=O)N2CCC(CNC(=O)c3cccc(OC(C)=O)c3)CC2)c1. The highest BCUT2D eigenvalue weighted by Gasteiger charge is 2.24. The first-order valence-corrected chi connectivity index (χ1v) is 10.6. The highest BCUT2D eigenvalue weighted by molar-refractivity contribution is 5.97. The number of piperidine rings is 1. The fraction of sp³-hybridized carbons (Fsp3) is 0.333. The van der Waals surface area contributed by atoms with Gasteiger partial charge in [-0.2, -0.15) is 0 Å². The number of nitrogens with one attached hydrogen (secondary N) is 2. The fourth-order valence-corrected chi connectivity index (χ4v) is 3.66. The quantitative estimate of drug-likeness (QED) is 0.534. The van der Waals surface area contributed by atoms with Crippen LogP contribution in [0.4, 0.5) is 5.69 Å². The minimum atomic E-state index is -0.439. The van der Waals surface area contributed by atoms with Crippen molar-refractivity contribution >= 4 is 29.4 Å². The van der Waals surface area contributed by atoms with Crippen molar-refractivity contribution < 1.29 is 23.9 Å². The zero-order chi connectivity index (χ0) is 23.1. The van der Waals surface area contributed by atoms with Gasteiger partial charge >= 0.3 is 5.97 Å². The number of benzene rings is 2. The van der Waals surface area contributed by atoms with Crippen LogP contribution in [0.5, 0.6) is 5.75 Å². The van der Waals surface area contributed by atoms with Crippen LogP contribution in [0.1, 0.15) is 47.4 Å². The van der Waals surface area contributed by atoms with Crippen LogP contribution in [0.2, 0.25) is 0 Å². The van der Waals surface area contributed by atoms with Crippen molar-refractivity contribution in [2.24, 2.45) is 5.92 Å². The molecule has 2 aromatic carbocycles. The summed E-state index contributed by atoms with van der Waals surface area (Å²) in [5.41, 5.74) is 1.56. The molecule has 0 aliphatic carbocycles. The van der Waals surface area contributed by atoms with Crippen molar-refractivity contribution in [1.82, 2.24) is 10.2 Å². The van der Waals surface area contributed by atoms with E-state index in [1.54, 1.807) is 47.4 Å². The van der Waals surface area contributed by atoms with Crippen LogP contribution in [0, 0.1) is 5.92 Å². The molecule has 0 radical (unpaired) electrons. The monoisotopic (exact) mass is 437 g/mol. The molecule has 1 fully saturated rings. The summed E-state index contributed by atoms with van der Waals surface area (Å²) in [4.78, 5) is 49.4. The maximum Gasteiger partial charge on any atom is 0.308 e. The predicted octanol–water partition coefficient (Wildman–Crippen LogP) is 2.85. The van der Waals surface area contributed by atoms with Gasteiger partial charge in [0.15, 0.2) is 0 Å². The van der Waals surface area contributed by atoms with Gasteiger partial charge in [-0.15, -0.1) is 0 Å². The number of carbonyl (C=O) groups is 4. The van der Waals surface area contributed by atoms with Gasteiger partial charge in [0.05, 0.1) is 0 Å². The molecule has 0 atom stereocenters. The third kappa shape index (κ3) is 6.41. The molecule has 0 unspecified atom stereocenters. The van der Waals surface area contributed by atoms with Crippen LogP contribution >= 0.6 is 0 Å². The summed E-state index contributed by atoms with van der Waals surface area (Å²) in [6, 6.07) is 13.4. The van der Waals surface area contributed by atoms with E-state index in [2.05, 4.69) is 10.6 Å². The van der Waals surface area contributed by atoms with Crippen LogP contribution in [-0.4, -0.2) is 48.2 Å². The first kappa shape index (κ1) is 23.0. The van der Waals surface area contributed by atoms with Gasteiger partial charge in [0, 0.05) is 50.3 Å². The van der Waals surface area contributed by atoms with Gasteiger partial charge in [-0.1, -0.05) is 12.1 Å². The first-order valence-electron chi connectivity index (χ1n) is 10.6. The minimum Gasteiger partial charge on any atom is -0.427 e. The summed E-state index contributed by atoms with van der Waals surface area (Å²) >= 11 is 0. The van der Waals surface area contributed by atoms with Crippen LogP contribution in [0.15, 0.2) is 48.5 Å². The second-order valence-electron chi connectivity index (χ2n) is 7.83. The molecule has 0 bridgehead atoms. The number of hydrogen-bond acceptors (Lipinski definition) is 5. The lowest BCUT2D eigenvalue weighted by Crippen LogP contribution is -2.41. The van der Waals surface area contributed by atoms with Crippen molar-refractivity contribution in [2.45, 2.75) is 26.7 Å². The molecule has 0 aromatic heterocycles. The summed E-state index contributed by atoms with van der Waals surface area (Å²) in [7, 11) is 0. The number of anilines is 1. The van der Waals surface area contributed by atoms with Crippen LogP contribution < -0.4 is 15.4 Å². The third-order valence-corrected chi connectivity index (χ3v) is 5.24. The Morgan fingerprint density at radius 3 is 2.34 bits per heavy atom. The summed E-state index contributed by atoms with van der Waals surface area (Å²) in [6.07, 6.45) is 1.57. The molecular weight excluding hydrogens is 410 g/mol. The number of rotatable bonds is 6. The predicted molar refractivity (Wildman–Crippen MR) is 119 cm³/mol. The van der Waals surface area contributed by atoms with E-state index in [1.807, 2.05) is 0 Å². The zero-order valence-corrected chi connectivity index (χ0v) is 18.2. The smallest absolute Gasteiger partial charge is 0.308 e. The Kier molecular flexibility index (Phi) is 7.59. The molecule has 8 heteroatoms. The number of nitrogens with zero attached hydrogens (tertiary/aromatic N) is 1. The minimum absolute atomic E-state index is 0.0676. The highest BCUT2D eigenvalue weighted by Crippen LogP contribution is 2.20. The molecule has 2 aromatic rings. The molecule has 0 saturated carbocycles. The molecule has 1 saturated heterocycles. The molecule has 3 rings (SSSR count). The van der Waals surface area contributed by atoms with E-state index in [0.717, 1.165) is 12.8 Å². The number of esters is 1. The van der Waals surface area contributed by atoms with Crippen LogP contribution in [-0.2, 0) is 9.59 Å². The Bertz CT molecular complexity index is 1010. The Labute approximate surface area is 186 Å². The van der Waals surface area contributed by atoms with Crippen LogP contribution in [0.3, 0.4) is 0 Å². The molecule has 1 heterocycles. The average Bonchev–Trinajstić information content (AvgIpc) is 2.77. The lowest BCUT2D eigenvalue weighted by atomic mass is 9.96. The Morgan fingerprint density at radius 1 is 0.969 bits per heavy atom. The Balaban J connectivity index is 1.49. The highest BCUT2D eigenvalue weighted by atomic mass is 16.5. The second-order valence-corrected chi connectivity index (χ2v) is 7.83. The summed E-state index contributed by atoms with van der Waals surface area (Å²) in [5, 5.41) is 5.62. The lowest BCUT2D eigenvalue weighted by Gasteiger charge is -2.32. The van der Waals surface area contributed by atoms with Gasteiger partial charge in [-0.3, -0.25) is 19.2 Å². The van der Waals surface area contributed by atoms with Gasteiger partial charge < -0.3 is 20.3 Å². The summed E-state index contributed by atoms with van der Waals surface area (Å²) in [5.74, 6) is -0.319. The molecule has 1 aliphatic heterocycles. The average molecular weight is 437 g/mol. The molecule has 2 N–H and O–H groups in total. The summed E-state index contributed by atoms with van der Waals surface area (Å²) < 4.78 is 5.02. The largest absolute Gasteiger partial charge is 0.427 e. The van der Waals surface area contributed by atoms with Crippen molar-refractivity contribution in [3.8, 4) is 5.75 Å². The lowest BCUT2D eigenvalue weighted by molar-refractivity contribution is -0.131. The second kappa shape index (κ2) is 10.6. The number of hydrogen-bond donors (Lipinski definition) is 2. The van der Waals surface area contributed by atoms with Gasteiger partial charge in [-0.05, 0) is 55.2 Å². The summed E-state index contributed by atoms with van der Waals surface area (Å²) in [6.45, 7) is 4.45. The van der Waals surface area contributed by atoms with E-state index < -0.39 is 5.97 Å². The normalized spacial score (nSPS) is 13.9. The van der Waals surface area contributed by atoms with E-state index in [0.29, 0.717) is 42.2 Å². The third-order valence-electron chi connectivity index (χ3n) is 5.24. The van der Waals surface area contributed by atoms with Gasteiger partial charge in [0.2, 0.25) is 5.91 Å². The Hall–Kier alpha value is -3.68. The van der Waals surface area contributed by atoms with Crippen molar-refractivity contribution in [3.63, 3.8) is 0 Å². The Morgan fingerprint density at radius 2 is 1.66 bits per heavy atom. The molecule has 32 heavy (non-hydrogen) atoms. The number of likely N-dealkylation sites (tertiary alicyclic amines) is 1. The van der Waals surface area contributed by atoms with Crippen molar-refractivity contribution in [3.05, 3.63) is 59.7 Å². The molecule has 8 nitrogen and oxygen atoms in total. The van der Waals surface area contributed by atoms with E-state index in [1.165, 1.54) is 19.9 Å². The maximum absolute atomic E-state index is 12.8. The van der Waals surface area contributed by atoms with Gasteiger partial charge in [0.1, 0.15) is 5.75 Å². The van der Waals surface area contributed by atoms with Gasteiger partial charge in [-0.25, -0.2) is 0 Å². The standard InChI is InChI=1S/C24H27N3O5/c1-16(28)26-21-7-3-6-20(13-21)24(31)27-11-9-18(10-12-27)15-25-23(30)19-5-4-8-22(14-19)32-17(2)29/h3-8,13-14,18H,9-12,15H2,1-2H3,(H,25,30)(H,26,28). The van der Waals surface area contributed by atoms with E-state index in [4.69, 9.17) is 4.74 Å². The maximum atomic E-state index is 12.8. The van der Waals surface area contributed by atoms with Crippen molar-refractivity contribution in [2.75, 3.05) is 25.0 Å². The molecular formula is C24H27N3O5. The topological polar surface area (TPSA) is 105 Å². The zero-order valence-electron chi connectivity index (χ0n) is 18.2. The fourth-order valence-electron chi connectivity index (χ4n) is 3.66. The molecule has 1 aliphatic rings. The van der Waals surface area contributed by atoms with Crippen molar-refractivity contribution in [1.29, 1.82) is 0 Å². The van der Waals surface area contributed by atoms with E-state index >= 15 is 0 Å². The number of ether oxygens (including phenoxy) is 1. The molecule has 0 spiro atoms. The number of amides is 3. The van der Waals surface area contributed by atoms with Gasteiger partial charge in [0.25, 0.3) is 11.8 Å². The number of carbonyl (C=O) groups excluding carboxylic acids is 4.